The van der Waals surface area contributed by atoms with E-state index in [1.807, 2.05) is 14.0 Å². The molecule has 1 unspecified atom stereocenters. The molecule has 0 saturated carbocycles. The number of hydrogen-bond acceptors (Lipinski definition) is 3. The molecule has 0 aliphatic heterocycles. The van der Waals surface area contributed by atoms with Gasteiger partial charge in [0, 0.05) is 18.2 Å². The highest BCUT2D eigenvalue weighted by atomic mass is 16.5. The Morgan fingerprint density at radius 3 is 2.67 bits per heavy atom. The summed E-state index contributed by atoms with van der Waals surface area (Å²) in [6, 6.07) is 7.30. The van der Waals surface area contributed by atoms with Crippen molar-refractivity contribution in [1.29, 1.82) is 0 Å². The largest absolute Gasteiger partial charge is 0.490 e. The van der Waals surface area contributed by atoms with Crippen LogP contribution in [0.4, 0.5) is 0 Å². The summed E-state index contributed by atoms with van der Waals surface area (Å²) in [7, 11) is 1.86. The number of nitrogens with one attached hydrogen (secondary N) is 2. The van der Waals surface area contributed by atoms with Crippen molar-refractivity contribution in [2.45, 2.75) is 13.0 Å². The van der Waals surface area contributed by atoms with Gasteiger partial charge in [0.15, 0.2) is 0 Å². The molecule has 0 radical (unpaired) electrons. The van der Waals surface area contributed by atoms with Gasteiger partial charge in [0.05, 0.1) is 0 Å². The summed E-state index contributed by atoms with van der Waals surface area (Å²) in [5.74, 6) is 0.655. The summed E-state index contributed by atoms with van der Waals surface area (Å²) in [5.41, 5.74) is 0.629. The molecule has 1 aromatic rings. The lowest BCUT2D eigenvalue weighted by molar-refractivity contribution is 0.0950. The van der Waals surface area contributed by atoms with E-state index in [1.54, 1.807) is 30.3 Å². The van der Waals surface area contributed by atoms with Crippen LogP contribution < -0.4 is 15.4 Å². The minimum absolute atomic E-state index is 0.0765. The van der Waals surface area contributed by atoms with E-state index in [-0.39, 0.29) is 11.9 Å². The standard InChI is InChI=1S/C14H20N2O2/c1-4-9-18-13-7-5-12(6-8-13)14(17)16-10-11(2)15-3/h4-8,11,15H,1,9-10H2,2-3H3,(H,16,17). The van der Waals surface area contributed by atoms with Crippen LogP contribution in [0.2, 0.25) is 0 Å². The zero-order valence-electron chi connectivity index (χ0n) is 10.9. The monoisotopic (exact) mass is 248 g/mol. The van der Waals surface area contributed by atoms with Gasteiger partial charge in [-0.2, -0.15) is 0 Å². The Morgan fingerprint density at radius 1 is 1.44 bits per heavy atom. The van der Waals surface area contributed by atoms with Crippen molar-refractivity contribution >= 4 is 5.91 Å². The molecule has 1 rings (SSSR count). The molecule has 1 atom stereocenters. The van der Waals surface area contributed by atoms with Gasteiger partial charge in [-0.15, -0.1) is 0 Å². The second-order valence-corrected chi connectivity index (χ2v) is 4.02. The number of benzene rings is 1. The van der Waals surface area contributed by atoms with Crippen LogP contribution in [0.5, 0.6) is 5.75 Å². The zero-order valence-corrected chi connectivity index (χ0v) is 10.9. The summed E-state index contributed by atoms with van der Waals surface area (Å²) in [5, 5.41) is 5.91. The van der Waals surface area contributed by atoms with Crippen molar-refractivity contribution in [3.8, 4) is 5.75 Å². The Morgan fingerprint density at radius 2 is 2.11 bits per heavy atom. The predicted molar refractivity (Wildman–Crippen MR) is 73.0 cm³/mol. The maximum Gasteiger partial charge on any atom is 0.251 e. The molecule has 0 saturated heterocycles. The molecule has 0 bridgehead atoms. The number of likely N-dealkylation sites (N-methyl/N-ethyl adjacent to an activating group) is 1. The van der Waals surface area contributed by atoms with E-state index in [0.717, 1.165) is 5.75 Å². The fraction of sp³-hybridized carbons (Fsp3) is 0.357. The van der Waals surface area contributed by atoms with Gasteiger partial charge >= 0.3 is 0 Å². The summed E-state index contributed by atoms with van der Waals surface area (Å²) >= 11 is 0. The summed E-state index contributed by atoms with van der Waals surface area (Å²) in [6.45, 7) is 6.65. The Labute approximate surface area is 108 Å². The maximum absolute atomic E-state index is 11.8. The van der Waals surface area contributed by atoms with E-state index in [2.05, 4.69) is 17.2 Å². The van der Waals surface area contributed by atoms with E-state index in [4.69, 9.17) is 4.74 Å². The second kappa shape index (κ2) is 7.50. The zero-order chi connectivity index (χ0) is 13.4. The second-order valence-electron chi connectivity index (χ2n) is 4.02. The molecule has 18 heavy (non-hydrogen) atoms. The predicted octanol–water partition coefficient (Wildman–Crippen LogP) is 1.59. The average molecular weight is 248 g/mol. The van der Waals surface area contributed by atoms with E-state index in [0.29, 0.717) is 18.7 Å². The Balaban J connectivity index is 2.50. The van der Waals surface area contributed by atoms with E-state index >= 15 is 0 Å². The molecule has 4 heteroatoms. The third-order valence-electron chi connectivity index (χ3n) is 2.55. The van der Waals surface area contributed by atoms with Crippen LogP contribution in [0.15, 0.2) is 36.9 Å². The molecule has 98 valence electrons. The first kappa shape index (κ1) is 14.3. The van der Waals surface area contributed by atoms with Crippen LogP contribution in [0.3, 0.4) is 0 Å². The Hall–Kier alpha value is -1.81. The Bertz CT molecular complexity index is 387. The fourth-order valence-corrected chi connectivity index (χ4v) is 1.31. The van der Waals surface area contributed by atoms with Crippen LogP contribution in [-0.4, -0.2) is 32.1 Å². The molecule has 0 heterocycles. The number of rotatable bonds is 7. The highest BCUT2D eigenvalue weighted by Crippen LogP contribution is 2.12. The number of ether oxygens (including phenoxy) is 1. The van der Waals surface area contributed by atoms with Crippen molar-refractivity contribution in [2.75, 3.05) is 20.2 Å². The summed E-state index contributed by atoms with van der Waals surface area (Å²) in [6.07, 6.45) is 1.68. The third-order valence-corrected chi connectivity index (χ3v) is 2.55. The lowest BCUT2D eigenvalue weighted by Gasteiger charge is -2.11. The lowest BCUT2D eigenvalue weighted by atomic mass is 10.2. The maximum atomic E-state index is 11.8. The SMILES string of the molecule is C=CCOc1ccc(C(=O)NCC(C)NC)cc1. The summed E-state index contributed by atoms with van der Waals surface area (Å²) in [4.78, 5) is 11.8. The van der Waals surface area contributed by atoms with E-state index in [9.17, 15) is 4.79 Å². The molecule has 0 aromatic heterocycles. The van der Waals surface area contributed by atoms with Crippen LogP contribution in [0.1, 0.15) is 17.3 Å². The van der Waals surface area contributed by atoms with Gasteiger partial charge in [0.25, 0.3) is 5.91 Å². The minimum atomic E-state index is -0.0765. The molecule has 4 nitrogen and oxygen atoms in total. The quantitative estimate of drug-likeness (QED) is 0.720. The first-order valence-corrected chi connectivity index (χ1v) is 5.96. The van der Waals surface area contributed by atoms with Gasteiger partial charge in [-0.25, -0.2) is 0 Å². The van der Waals surface area contributed by atoms with Gasteiger partial charge in [0.2, 0.25) is 0 Å². The fourth-order valence-electron chi connectivity index (χ4n) is 1.31. The van der Waals surface area contributed by atoms with Crippen LogP contribution in [0, 0.1) is 0 Å². The smallest absolute Gasteiger partial charge is 0.251 e. The minimum Gasteiger partial charge on any atom is -0.490 e. The average Bonchev–Trinajstić information content (AvgIpc) is 2.42. The van der Waals surface area contributed by atoms with Gasteiger partial charge in [-0.1, -0.05) is 12.7 Å². The van der Waals surface area contributed by atoms with E-state index < -0.39 is 0 Å². The summed E-state index contributed by atoms with van der Waals surface area (Å²) < 4.78 is 5.35. The van der Waals surface area contributed by atoms with Crippen molar-refractivity contribution in [2.24, 2.45) is 0 Å². The topological polar surface area (TPSA) is 50.4 Å². The first-order chi connectivity index (χ1) is 8.67. The molecule has 1 aromatic carbocycles. The highest BCUT2D eigenvalue weighted by Gasteiger charge is 2.06. The molecular formula is C14H20N2O2. The van der Waals surface area contributed by atoms with Crippen molar-refractivity contribution in [3.05, 3.63) is 42.5 Å². The van der Waals surface area contributed by atoms with Gasteiger partial charge in [-0.3, -0.25) is 4.79 Å². The lowest BCUT2D eigenvalue weighted by Crippen LogP contribution is -2.37. The van der Waals surface area contributed by atoms with Gasteiger partial charge in [0.1, 0.15) is 12.4 Å². The van der Waals surface area contributed by atoms with Crippen LogP contribution >= 0.6 is 0 Å². The number of carbonyl (C=O) groups excluding carboxylic acids is 1. The molecule has 0 aliphatic rings. The van der Waals surface area contributed by atoms with Gasteiger partial charge in [-0.05, 0) is 38.2 Å². The van der Waals surface area contributed by atoms with Crippen molar-refractivity contribution in [1.82, 2.24) is 10.6 Å². The molecule has 1 amide bonds. The molecular weight excluding hydrogens is 228 g/mol. The van der Waals surface area contributed by atoms with Crippen molar-refractivity contribution < 1.29 is 9.53 Å². The van der Waals surface area contributed by atoms with Crippen molar-refractivity contribution in [3.63, 3.8) is 0 Å². The van der Waals surface area contributed by atoms with E-state index in [1.165, 1.54) is 0 Å². The molecule has 0 fully saturated rings. The number of hydrogen-bond donors (Lipinski definition) is 2. The van der Waals surface area contributed by atoms with Crippen LogP contribution in [0.25, 0.3) is 0 Å². The Kier molecular flexibility index (Phi) is 5.94. The third kappa shape index (κ3) is 4.59. The molecule has 0 aliphatic carbocycles. The highest BCUT2D eigenvalue weighted by molar-refractivity contribution is 5.94. The first-order valence-electron chi connectivity index (χ1n) is 5.96. The molecule has 0 spiro atoms. The van der Waals surface area contributed by atoms with Crippen LogP contribution in [-0.2, 0) is 0 Å². The number of amides is 1. The normalized spacial score (nSPS) is 11.7. The van der Waals surface area contributed by atoms with Gasteiger partial charge < -0.3 is 15.4 Å². The number of carbonyl (C=O) groups is 1. The molecule has 2 N–H and O–H groups in total.